The molecule has 33 heavy (non-hydrogen) atoms. The molecule has 3 N–H and O–H groups in total. The lowest BCUT2D eigenvalue weighted by molar-refractivity contribution is -0.320. The summed E-state index contributed by atoms with van der Waals surface area (Å²) < 4.78 is 24.5. The highest BCUT2D eigenvalue weighted by Gasteiger charge is 2.91. The minimum Gasteiger partial charge on any atom is -0.396 e. The Kier molecular flexibility index (Phi) is 4.99. The number of hydrogen-bond donors (Lipinski definition) is 3. The third-order valence-electron chi connectivity index (χ3n) is 11.6. The molecule has 8 nitrogen and oxygen atoms in total. The lowest BCUT2D eigenvalue weighted by atomic mass is 9.42. The van der Waals surface area contributed by atoms with Gasteiger partial charge in [-0.15, -0.1) is 0 Å². The molecule has 0 aromatic heterocycles. The second-order valence-electron chi connectivity index (χ2n) is 11.8. The van der Waals surface area contributed by atoms with Gasteiger partial charge in [0.1, 0.15) is 11.2 Å². The summed E-state index contributed by atoms with van der Waals surface area (Å²) in [5.41, 5.74) is -3.78. The van der Waals surface area contributed by atoms with Crippen molar-refractivity contribution in [1.29, 1.82) is 0 Å². The van der Waals surface area contributed by atoms with Crippen LogP contribution in [0.4, 0.5) is 0 Å². The van der Waals surface area contributed by atoms with Crippen LogP contribution in [0, 0.1) is 34.5 Å². The average Bonchev–Trinajstić information content (AvgIpc) is 3.24. The first-order valence-corrected chi connectivity index (χ1v) is 12.7. The maximum absolute atomic E-state index is 13.0. The van der Waals surface area contributed by atoms with Crippen LogP contribution >= 0.6 is 0 Å². The van der Waals surface area contributed by atoms with Crippen molar-refractivity contribution in [3.63, 3.8) is 0 Å². The van der Waals surface area contributed by atoms with Crippen LogP contribution in [0.25, 0.3) is 0 Å². The largest absolute Gasteiger partial charge is 0.396 e. The Morgan fingerprint density at radius 1 is 1.03 bits per heavy atom. The van der Waals surface area contributed by atoms with Gasteiger partial charge in [-0.25, -0.2) is 0 Å². The highest BCUT2D eigenvalue weighted by molar-refractivity contribution is 5.41. The Morgan fingerprint density at radius 2 is 1.79 bits per heavy atom. The van der Waals surface area contributed by atoms with Crippen LogP contribution in [0.2, 0.25) is 0 Å². The zero-order chi connectivity index (χ0) is 23.6. The van der Waals surface area contributed by atoms with Crippen LogP contribution in [-0.2, 0) is 18.9 Å². The van der Waals surface area contributed by atoms with Crippen LogP contribution in [-0.4, -0.2) is 110 Å². The fourth-order valence-electron chi connectivity index (χ4n) is 11.0. The molecule has 1 saturated heterocycles. The third-order valence-corrected chi connectivity index (χ3v) is 11.6. The predicted molar refractivity (Wildman–Crippen MR) is 119 cm³/mol. The summed E-state index contributed by atoms with van der Waals surface area (Å²) in [7, 11) is 6.85. The van der Waals surface area contributed by atoms with Gasteiger partial charge in [0.05, 0.1) is 37.1 Å². The summed E-state index contributed by atoms with van der Waals surface area (Å²) in [4.78, 5) is 2.33. The van der Waals surface area contributed by atoms with Gasteiger partial charge in [0.2, 0.25) is 0 Å². The molecule has 188 valence electrons. The van der Waals surface area contributed by atoms with Crippen molar-refractivity contribution in [2.24, 2.45) is 34.5 Å². The molecule has 1 aliphatic heterocycles. The number of fused-ring (bicyclic) bond motifs is 2. The molecule has 8 heteroatoms. The molecule has 7 bridgehead atoms. The van der Waals surface area contributed by atoms with E-state index in [0.717, 1.165) is 25.8 Å². The molecular formula is C25H41NO7. The number of piperidine rings is 1. The van der Waals surface area contributed by atoms with Crippen molar-refractivity contribution in [2.45, 2.75) is 74.3 Å². The predicted octanol–water partition coefficient (Wildman–Crippen LogP) is 0.271. The lowest BCUT2D eigenvalue weighted by Crippen LogP contribution is -2.82. The maximum atomic E-state index is 13.0. The van der Waals surface area contributed by atoms with Gasteiger partial charge in [-0.2, -0.15) is 0 Å². The van der Waals surface area contributed by atoms with Crippen LogP contribution in [0.15, 0.2) is 0 Å². The number of aliphatic hydroxyl groups is 3. The van der Waals surface area contributed by atoms with E-state index in [9.17, 15) is 15.3 Å². The Bertz CT molecular complexity index is 814. The quantitative estimate of drug-likeness (QED) is 0.512. The number of nitrogens with zero attached hydrogens (tertiary/aromatic N) is 1. The van der Waals surface area contributed by atoms with Crippen LogP contribution in [0.1, 0.15) is 32.6 Å². The molecule has 13 atom stereocenters. The van der Waals surface area contributed by atoms with Gasteiger partial charge in [0.25, 0.3) is 0 Å². The van der Waals surface area contributed by atoms with Gasteiger partial charge >= 0.3 is 0 Å². The Hall–Kier alpha value is -0.320. The number of likely N-dealkylation sites (N-methyl/N-ethyl adjacent to an activating group) is 1. The Labute approximate surface area is 196 Å². The zero-order valence-corrected chi connectivity index (χ0v) is 20.6. The molecule has 6 rings (SSSR count). The smallest absolute Gasteiger partial charge is 0.136 e. The number of hydrogen-bond acceptors (Lipinski definition) is 8. The van der Waals surface area contributed by atoms with Crippen molar-refractivity contribution in [2.75, 3.05) is 48.1 Å². The first kappa shape index (κ1) is 23.1. The van der Waals surface area contributed by atoms with E-state index in [4.69, 9.17) is 18.9 Å². The zero-order valence-electron chi connectivity index (χ0n) is 20.6. The standard InChI is InChI=1S/C25H41NO7/c1-6-26-11-22(12-27)8-7-16(31-3)24-14-9-13-15(30-2)10-23(28,17(14)18(13)32-4)25(29,21(24)26)20(33-5)19(22)24/h13-21,27-29H,6-12H2,1-5H3/t13-,14?,15+,16+,17?,18+,19-,20+,21?,22+,23-,24?,25+/m1/s1. The normalized spacial score (nSPS) is 60.9. The van der Waals surface area contributed by atoms with Gasteiger partial charge in [0, 0.05) is 70.0 Å². The molecule has 6 aliphatic rings. The second kappa shape index (κ2) is 7.13. The first-order chi connectivity index (χ1) is 15.8. The maximum Gasteiger partial charge on any atom is 0.136 e. The average molecular weight is 468 g/mol. The highest BCUT2D eigenvalue weighted by Crippen LogP contribution is 2.80. The first-order valence-electron chi connectivity index (χ1n) is 12.7. The molecule has 5 aliphatic carbocycles. The molecule has 0 amide bonds. The van der Waals surface area contributed by atoms with Gasteiger partial charge < -0.3 is 34.3 Å². The minimum atomic E-state index is -1.52. The Morgan fingerprint density at radius 3 is 2.36 bits per heavy atom. The monoisotopic (exact) mass is 467 g/mol. The lowest BCUT2D eigenvalue weighted by Gasteiger charge is -2.70. The summed E-state index contributed by atoms with van der Waals surface area (Å²) in [5.74, 6) is -0.0916. The van der Waals surface area contributed by atoms with E-state index in [-0.39, 0.29) is 54.6 Å². The van der Waals surface area contributed by atoms with E-state index in [1.165, 1.54) is 0 Å². The van der Waals surface area contributed by atoms with Gasteiger partial charge in [-0.05, 0) is 31.7 Å². The molecule has 0 aromatic rings. The van der Waals surface area contributed by atoms with Crippen molar-refractivity contribution in [1.82, 2.24) is 4.90 Å². The molecule has 0 aromatic carbocycles. The number of ether oxygens (including phenoxy) is 4. The number of rotatable bonds is 6. The van der Waals surface area contributed by atoms with Gasteiger partial charge in [-0.3, -0.25) is 4.90 Å². The van der Waals surface area contributed by atoms with Crippen molar-refractivity contribution in [3.8, 4) is 0 Å². The van der Waals surface area contributed by atoms with Crippen molar-refractivity contribution in [3.05, 3.63) is 0 Å². The molecule has 4 unspecified atom stereocenters. The SMILES string of the molecule is CCN1C[C@]2(CO)CC[C@H](OC)C34C5C[C@@H]6[C@@H](OC)C[C@@](O)(C5[C@H]6OC)[C@@](O)(C13)[C@@H](OC)[C@@H]42. The van der Waals surface area contributed by atoms with Crippen LogP contribution < -0.4 is 0 Å². The number of likely N-dealkylation sites (tertiary alicyclic amines) is 1. The summed E-state index contributed by atoms with van der Waals surface area (Å²) in [5, 5.41) is 36.6. The second-order valence-corrected chi connectivity index (χ2v) is 11.8. The number of methoxy groups -OCH3 is 4. The molecule has 6 fully saturated rings. The molecule has 1 heterocycles. The van der Waals surface area contributed by atoms with E-state index < -0.39 is 28.1 Å². The minimum absolute atomic E-state index is 0.0443. The Balaban J connectivity index is 1.68. The topological polar surface area (TPSA) is 101 Å². The summed E-state index contributed by atoms with van der Waals surface area (Å²) >= 11 is 0. The van der Waals surface area contributed by atoms with Gasteiger partial charge in [0.15, 0.2) is 0 Å². The molecule has 1 spiro atoms. The number of aliphatic hydroxyl groups excluding tert-OH is 1. The van der Waals surface area contributed by atoms with Crippen LogP contribution in [0.5, 0.6) is 0 Å². The third kappa shape index (κ3) is 2.16. The van der Waals surface area contributed by atoms with E-state index in [1.54, 1.807) is 28.4 Å². The van der Waals surface area contributed by atoms with Crippen LogP contribution in [0.3, 0.4) is 0 Å². The van der Waals surface area contributed by atoms with E-state index in [2.05, 4.69) is 11.8 Å². The molecule has 5 saturated carbocycles. The fraction of sp³-hybridized carbons (Fsp3) is 1.00. The summed E-state index contributed by atoms with van der Waals surface area (Å²) in [6.07, 6.45) is 1.81. The summed E-state index contributed by atoms with van der Waals surface area (Å²) in [6, 6.07) is -0.312. The van der Waals surface area contributed by atoms with E-state index in [0.29, 0.717) is 13.0 Å². The fourth-order valence-corrected chi connectivity index (χ4v) is 11.0. The van der Waals surface area contributed by atoms with Crippen molar-refractivity contribution < 1.29 is 34.3 Å². The highest BCUT2D eigenvalue weighted by atomic mass is 16.5. The van der Waals surface area contributed by atoms with Crippen molar-refractivity contribution >= 4 is 0 Å². The summed E-state index contributed by atoms with van der Waals surface area (Å²) in [6.45, 7) is 3.59. The van der Waals surface area contributed by atoms with E-state index >= 15 is 0 Å². The van der Waals surface area contributed by atoms with Gasteiger partial charge in [-0.1, -0.05) is 6.92 Å². The molecule has 0 radical (unpaired) electrons. The molecular weight excluding hydrogens is 426 g/mol. The van der Waals surface area contributed by atoms with E-state index in [1.807, 2.05) is 0 Å².